The molecule has 2 aromatic rings. The summed E-state index contributed by atoms with van der Waals surface area (Å²) in [6.45, 7) is 1.72. The highest BCUT2D eigenvalue weighted by Crippen LogP contribution is 2.29. The quantitative estimate of drug-likeness (QED) is 0.650. The van der Waals surface area contributed by atoms with Gasteiger partial charge in [0.05, 0.1) is 11.1 Å². The van der Waals surface area contributed by atoms with E-state index in [9.17, 15) is 19.8 Å². The third kappa shape index (κ3) is 2.72. The molecule has 1 amide bonds. The Kier molecular flexibility index (Phi) is 3.62. The molecule has 1 aromatic heterocycles. The first-order chi connectivity index (χ1) is 9.38. The average Bonchev–Trinajstić information content (AvgIpc) is 2.73. The molecule has 0 fully saturated rings. The van der Waals surface area contributed by atoms with Gasteiger partial charge in [-0.3, -0.25) is 4.79 Å². The van der Waals surface area contributed by atoms with E-state index in [1.165, 1.54) is 18.2 Å². The maximum Gasteiger partial charge on any atom is 0.338 e. The Balaban J connectivity index is 2.32. The molecule has 0 saturated carbocycles. The van der Waals surface area contributed by atoms with Crippen molar-refractivity contribution in [2.45, 2.75) is 6.92 Å². The van der Waals surface area contributed by atoms with E-state index in [2.05, 4.69) is 5.32 Å². The Morgan fingerprint density at radius 1 is 1.15 bits per heavy atom. The molecule has 0 aliphatic rings. The third-order valence-electron chi connectivity index (χ3n) is 2.54. The lowest BCUT2D eigenvalue weighted by Crippen LogP contribution is -2.13. The number of hydrogen-bond acceptors (Lipinski definition) is 5. The second-order valence-electron chi connectivity index (χ2n) is 4.06. The molecule has 6 nitrogen and oxygen atoms in total. The van der Waals surface area contributed by atoms with Crippen molar-refractivity contribution in [2.75, 3.05) is 5.32 Å². The molecular weight excluding hydrogens is 282 g/mol. The molecule has 104 valence electrons. The molecular formula is C13H11NO5S. The normalized spacial score (nSPS) is 10.2. The number of carboxylic acids is 1. The summed E-state index contributed by atoms with van der Waals surface area (Å²) >= 11 is 1.12. The molecule has 0 bridgehead atoms. The van der Waals surface area contributed by atoms with Crippen LogP contribution in [0.15, 0.2) is 24.3 Å². The number of thiophene rings is 1. The first-order valence-electron chi connectivity index (χ1n) is 5.55. The lowest BCUT2D eigenvalue weighted by atomic mass is 10.1. The molecule has 2 rings (SSSR count). The van der Waals surface area contributed by atoms with Crippen LogP contribution in [0, 0.1) is 6.92 Å². The number of anilines is 1. The van der Waals surface area contributed by atoms with Gasteiger partial charge < -0.3 is 20.6 Å². The van der Waals surface area contributed by atoms with Gasteiger partial charge in [0.2, 0.25) is 0 Å². The van der Waals surface area contributed by atoms with Gasteiger partial charge in [0.25, 0.3) is 5.91 Å². The van der Waals surface area contributed by atoms with Crippen LogP contribution in [0.4, 0.5) is 5.00 Å². The van der Waals surface area contributed by atoms with Crippen molar-refractivity contribution < 1.29 is 24.9 Å². The van der Waals surface area contributed by atoms with E-state index in [0.717, 1.165) is 22.3 Å². The van der Waals surface area contributed by atoms with Crippen molar-refractivity contribution in [1.29, 1.82) is 0 Å². The maximum absolute atomic E-state index is 12.0. The van der Waals surface area contributed by atoms with Crippen LogP contribution >= 0.6 is 11.3 Å². The summed E-state index contributed by atoms with van der Waals surface area (Å²) in [5, 5.41) is 30.5. The predicted octanol–water partition coefficient (Wildman–Crippen LogP) is 2.42. The van der Waals surface area contributed by atoms with Gasteiger partial charge in [-0.25, -0.2) is 4.79 Å². The number of nitrogens with one attached hydrogen (secondary N) is 1. The molecule has 0 saturated heterocycles. The number of benzene rings is 1. The van der Waals surface area contributed by atoms with Crippen molar-refractivity contribution in [1.82, 2.24) is 0 Å². The molecule has 0 atom stereocenters. The number of rotatable bonds is 3. The summed E-state index contributed by atoms with van der Waals surface area (Å²) in [6, 6.07) is 4.97. The van der Waals surface area contributed by atoms with Gasteiger partial charge in [0.15, 0.2) is 0 Å². The summed E-state index contributed by atoms with van der Waals surface area (Å²) in [5.41, 5.74) is -0.145. The van der Waals surface area contributed by atoms with E-state index >= 15 is 0 Å². The lowest BCUT2D eigenvalue weighted by molar-refractivity contribution is 0.0698. The van der Waals surface area contributed by atoms with Crippen LogP contribution in [0.2, 0.25) is 0 Å². The number of phenolic OH excluding ortho intramolecular Hbond substituents is 2. The average molecular weight is 293 g/mol. The molecule has 0 spiro atoms. The zero-order valence-electron chi connectivity index (χ0n) is 10.4. The monoisotopic (exact) mass is 293 g/mol. The van der Waals surface area contributed by atoms with Gasteiger partial charge in [0, 0.05) is 4.88 Å². The highest BCUT2D eigenvalue weighted by molar-refractivity contribution is 7.16. The van der Waals surface area contributed by atoms with E-state index < -0.39 is 11.9 Å². The van der Waals surface area contributed by atoms with Crippen LogP contribution in [0.1, 0.15) is 25.6 Å². The first kappa shape index (κ1) is 13.9. The highest BCUT2D eigenvalue weighted by Gasteiger charge is 2.18. The smallest absolute Gasteiger partial charge is 0.338 e. The van der Waals surface area contributed by atoms with Gasteiger partial charge in [-0.1, -0.05) is 0 Å². The fraction of sp³-hybridized carbons (Fsp3) is 0.0769. The Morgan fingerprint density at radius 2 is 1.85 bits per heavy atom. The Morgan fingerprint density at radius 3 is 2.50 bits per heavy atom. The standard InChI is InChI=1S/C13H11NO5S/c1-6-4-9(13(18)19)12(20-6)14-11(17)8-5-7(15)2-3-10(8)16/h2-5,15-16H,1H3,(H,14,17)(H,18,19). The van der Waals surface area contributed by atoms with E-state index in [4.69, 9.17) is 5.11 Å². The molecule has 0 aliphatic heterocycles. The first-order valence-corrected chi connectivity index (χ1v) is 6.37. The Bertz CT molecular complexity index is 692. The summed E-state index contributed by atoms with van der Waals surface area (Å²) in [4.78, 5) is 23.8. The van der Waals surface area contributed by atoms with Gasteiger partial charge in [0.1, 0.15) is 16.5 Å². The van der Waals surface area contributed by atoms with Crippen molar-refractivity contribution in [3.8, 4) is 11.5 Å². The van der Waals surface area contributed by atoms with Crippen molar-refractivity contribution in [3.05, 3.63) is 40.3 Å². The summed E-state index contributed by atoms with van der Waals surface area (Å²) < 4.78 is 0. The minimum Gasteiger partial charge on any atom is -0.508 e. The molecule has 20 heavy (non-hydrogen) atoms. The number of aromatic carboxylic acids is 1. The van der Waals surface area contributed by atoms with E-state index in [-0.39, 0.29) is 27.6 Å². The Hall–Kier alpha value is -2.54. The molecule has 4 N–H and O–H groups in total. The van der Waals surface area contributed by atoms with Crippen LogP contribution in [-0.4, -0.2) is 27.2 Å². The Labute approximate surface area is 117 Å². The van der Waals surface area contributed by atoms with Crippen molar-refractivity contribution >= 4 is 28.2 Å². The number of carbonyl (C=O) groups is 2. The zero-order valence-corrected chi connectivity index (χ0v) is 11.2. The minimum absolute atomic E-state index is 0.0134. The van der Waals surface area contributed by atoms with Crippen molar-refractivity contribution in [2.24, 2.45) is 0 Å². The molecule has 0 unspecified atom stereocenters. The molecule has 0 aliphatic carbocycles. The van der Waals surface area contributed by atoms with Gasteiger partial charge >= 0.3 is 5.97 Å². The number of aromatic hydroxyl groups is 2. The second kappa shape index (κ2) is 5.22. The molecule has 0 radical (unpaired) electrons. The second-order valence-corrected chi connectivity index (χ2v) is 5.32. The summed E-state index contributed by atoms with van der Waals surface area (Å²) in [7, 11) is 0. The van der Waals surface area contributed by atoms with E-state index in [0.29, 0.717) is 0 Å². The minimum atomic E-state index is -1.15. The number of aryl methyl sites for hydroxylation is 1. The van der Waals surface area contributed by atoms with Crippen LogP contribution < -0.4 is 5.32 Å². The fourth-order valence-corrected chi connectivity index (χ4v) is 2.54. The number of phenols is 2. The highest BCUT2D eigenvalue weighted by atomic mass is 32.1. The van der Waals surface area contributed by atoms with Crippen molar-refractivity contribution in [3.63, 3.8) is 0 Å². The molecule has 1 aromatic carbocycles. The maximum atomic E-state index is 12.0. The van der Waals surface area contributed by atoms with Gasteiger partial charge in [-0.2, -0.15) is 0 Å². The largest absolute Gasteiger partial charge is 0.508 e. The number of hydrogen-bond donors (Lipinski definition) is 4. The van der Waals surface area contributed by atoms with Crippen LogP contribution in [0.25, 0.3) is 0 Å². The summed E-state index contributed by atoms with van der Waals surface area (Å²) in [5.74, 6) is -2.31. The fourth-order valence-electron chi connectivity index (χ4n) is 1.64. The van der Waals surface area contributed by atoms with Crippen LogP contribution in [0.3, 0.4) is 0 Å². The van der Waals surface area contributed by atoms with Crippen LogP contribution in [0.5, 0.6) is 11.5 Å². The lowest BCUT2D eigenvalue weighted by Gasteiger charge is -2.06. The number of carboxylic acid groups (broad SMARTS) is 1. The van der Waals surface area contributed by atoms with E-state index in [1.54, 1.807) is 6.92 Å². The summed E-state index contributed by atoms with van der Waals surface area (Å²) in [6.07, 6.45) is 0. The van der Waals surface area contributed by atoms with Gasteiger partial charge in [-0.05, 0) is 31.2 Å². The third-order valence-corrected chi connectivity index (χ3v) is 3.50. The topological polar surface area (TPSA) is 107 Å². The SMILES string of the molecule is Cc1cc(C(=O)O)c(NC(=O)c2cc(O)ccc2O)s1. The van der Waals surface area contributed by atoms with Gasteiger partial charge in [-0.15, -0.1) is 11.3 Å². The van der Waals surface area contributed by atoms with Crippen LogP contribution in [-0.2, 0) is 0 Å². The number of amides is 1. The molecule has 7 heteroatoms. The number of carbonyl (C=O) groups excluding carboxylic acids is 1. The zero-order chi connectivity index (χ0) is 14.9. The van der Waals surface area contributed by atoms with E-state index in [1.807, 2.05) is 0 Å². The molecule has 1 heterocycles. The predicted molar refractivity (Wildman–Crippen MR) is 73.7 cm³/mol.